The minimum atomic E-state index is -0.989. The number of rotatable bonds is 3. The maximum Gasteiger partial charge on any atom is 0.336 e. The first-order valence-electron chi connectivity index (χ1n) is 6.24. The summed E-state index contributed by atoms with van der Waals surface area (Å²) >= 11 is 3.35. The number of fused-ring (bicyclic) bond motifs is 1. The van der Waals surface area contributed by atoms with E-state index in [4.69, 9.17) is 9.47 Å². The molecule has 0 saturated heterocycles. The Morgan fingerprint density at radius 1 is 1.10 bits per heavy atom. The summed E-state index contributed by atoms with van der Waals surface area (Å²) in [6.45, 7) is 0.164. The Balaban J connectivity index is 2.02. The Hall–Kier alpha value is -2.27. The second-order valence-corrected chi connectivity index (χ2v) is 5.40. The second-order valence-electron chi connectivity index (χ2n) is 4.48. The average Bonchev–Trinajstić information content (AvgIpc) is 2.93. The van der Waals surface area contributed by atoms with Crippen molar-refractivity contribution in [1.82, 2.24) is 0 Å². The zero-order valence-electron chi connectivity index (χ0n) is 10.9. The zero-order valence-corrected chi connectivity index (χ0v) is 12.5. The number of benzene rings is 2. The lowest BCUT2D eigenvalue weighted by Gasteiger charge is -2.05. The molecule has 2 aromatic rings. The number of hydrogen-bond donors (Lipinski definition) is 1. The first-order chi connectivity index (χ1) is 10.1. The molecule has 0 bridgehead atoms. The van der Waals surface area contributed by atoms with Gasteiger partial charge >= 0.3 is 5.97 Å². The highest BCUT2D eigenvalue weighted by molar-refractivity contribution is 9.10. The quantitative estimate of drug-likeness (QED) is 0.678. The van der Waals surface area contributed by atoms with Gasteiger partial charge in [-0.15, -0.1) is 0 Å². The summed E-state index contributed by atoms with van der Waals surface area (Å²) in [5.41, 5.74) is 1.60. The molecule has 0 spiro atoms. The Bertz CT molecular complexity index is 720. The Kier molecular flexibility index (Phi) is 3.66. The highest BCUT2D eigenvalue weighted by Crippen LogP contribution is 2.35. The topological polar surface area (TPSA) is 55.8 Å². The van der Waals surface area contributed by atoms with Crippen LogP contribution in [0.4, 0.5) is 0 Å². The number of ether oxygens (including phenoxy) is 2. The molecule has 0 aliphatic carbocycles. The van der Waals surface area contributed by atoms with E-state index >= 15 is 0 Å². The third-order valence-electron chi connectivity index (χ3n) is 3.09. The van der Waals surface area contributed by atoms with Gasteiger partial charge in [-0.1, -0.05) is 34.1 Å². The van der Waals surface area contributed by atoms with Crippen LogP contribution in [0.15, 0.2) is 46.9 Å². The Morgan fingerprint density at radius 2 is 1.81 bits per heavy atom. The van der Waals surface area contributed by atoms with Gasteiger partial charge in [0.2, 0.25) is 6.79 Å². The highest BCUT2D eigenvalue weighted by atomic mass is 79.9. The molecule has 1 aliphatic heterocycles. The number of halogens is 1. The molecule has 0 saturated carbocycles. The van der Waals surface area contributed by atoms with Crippen LogP contribution in [-0.2, 0) is 4.79 Å². The lowest BCUT2D eigenvalue weighted by molar-refractivity contribution is -0.130. The summed E-state index contributed by atoms with van der Waals surface area (Å²) < 4.78 is 11.5. The number of carboxylic acid groups (broad SMARTS) is 1. The number of aliphatic carboxylic acids is 1. The van der Waals surface area contributed by atoms with Gasteiger partial charge in [-0.3, -0.25) is 0 Å². The van der Waals surface area contributed by atoms with Crippen LogP contribution in [0.5, 0.6) is 11.5 Å². The molecule has 0 aromatic heterocycles. The van der Waals surface area contributed by atoms with E-state index in [1.165, 1.54) is 0 Å². The van der Waals surface area contributed by atoms with Gasteiger partial charge in [0.1, 0.15) is 0 Å². The summed E-state index contributed by atoms with van der Waals surface area (Å²) in [4.78, 5) is 11.5. The molecule has 2 aromatic carbocycles. The molecule has 0 atom stereocenters. The SMILES string of the molecule is O=C(O)/C(=C\c1ccc(Br)cc1)c1ccc2c(c1)OCO2. The van der Waals surface area contributed by atoms with E-state index in [1.807, 2.05) is 24.3 Å². The monoisotopic (exact) mass is 346 g/mol. The molecule has 3 rings (SSSR count). The molecule has 0 unspecified atom stereocenters. The summed E-state index contributed by atoms with van der Waals surface area (Å²) in [5.74, 6) is 0.208. The zero-order chi connectivity index (χ0) is 14.8. The van der Waals surface area contributed by atoms with Gasteiger partial charge in [0.15, 0.2) is 11.5 Å². The van der Waals surface area contributed by atoms with Gasteiger partial charge in [-0.05, 0) is 41.5 Å². The summed E-state index contributed by atoms with van der Waals surface area (Å²) in [6.07, 6.45) is 1.63. The van der Waals surface area contributed by atoms with Gasteiger partial charge in [0.25, 0.3) is 0 Å². The van der Waals surface area contributed by atoms with Crippen molar-refractivity contribution in [3.63, 3.8) is 0 Å². The van der Waals surface area contributed by atoms with Crippen molar-refractivity contribution in [2.45, 2.75) is 0 Å². The van der Waals surface area contributed by atoms with Crippen LogP contribution >= 0.6 is 15.9 Å². The standard InChI is InChI=1S/C16H11BrO4/c17-12-4-1-10(2-5-12)7-13(16(18)19)11-3-6-14-15(8-11)21-9-20-14/h1-8H,9H2,(H,18,19)/b13-7-. The van der Waals surface area contributed by atoms with Crippen LogP contribution in [0, 0.1) is 0 Å². The fourth-order valence-corrected chi connectivity index (χ4v) is 2.32. The molecule has 1 heterocycles. The number of carbonyl (C=O) groups is 1. The van der Waals surface area contributed by atoms with E-state index in [9.17, 15) is 9.90 Å². The highest BCUT2D eigenvalue weighted by Gasteiger charge is 2.17. The predicted octanol–water partition coefficient (Wildman–Crippen LogP) is 3.80. The fraction of sp³-hybridized carbons (Fsp3) is 0.0625. The van der Waals surface area contributed by atoms with Crippen LogP contribution in [0.1, 0.15) is 11.1 Å². The number of hydrogen-bond acceptors (Lipinski definition) is 3. The van der Waals surface area contributed by atoms with Gasteiger partial charge in [0, 0.05) is 4.47 Å². The van der Waals surface area contributed by atoms with E-state index in [1.54, 1.807) is 24.3 Å². The van der Waals surface area contributed by atoms with Crippen molar-refractivity contribution in [2.24, 2.45) is 0 Å². The number of carboxylic acids is 1. The van der Waals surface area contributed by atoms with E-state index in [0.29, 0.717) is 17.1 Å². The van der Waals surface area contributed by atoms with Crippen molar-refractivity contribution in [3.05, 3.63) is 58.1 Å². The molecule has 1 N–H and O–H groups in total. The van der Waals surface area contributed by atoms with E-state index in [2.05, 4.69) is 15.9 Å². The van der Waals surface area contributed by atoms with Crippen molar-refractivity contribution in [1.29, 1.82) is 0 Å². The lowest BCUT2D eigenvalue weighted by atomic mass is 10.0. The first kappa shape index (κ1) is 13.7. The normalized spacial score (nSPS) is 13.3. The summed E-state index contributed by atoms with van der Waals surface area (Å²) in [6, 6.07) is 12.5. The molecule has 5 heteroatoms. The molecular formula is C16H11BrO4. The first-order valence-corrected chi connectivity index (χ1v) is 7.03. The van der Waals surface area contributed by atoms with Crippen molar-refractivity contribution in [3.8, 4) is 11.5 Å². The van der Waals surface area contributed by atoms with E-state index in [-0.39, 0.29) is 12.4 Å². The van der Waals surface area contributed by atoms with Crippen LogP contribution in [-0.4, -0.2) is 17.9 Å². The third-order valence-corrected chi connectivity index (χ3v) is 3.62. The molecule has 0 amide bonds. The Morgan fingerprint density at radius 3 is 2.52 bits per heavy atom. The molecule has 106 valence electrons. The van der Waals surface area contributed by atoms with E-state index in [0.717, 1.165) is 10.0 Å². The van der Waals surface area contributed by atoms with Crippen molar-refractivity contribution in [2.75, 3.05) is 6.79 Å². The largest absolute Gasteiger partial charge is 0.478 e. The molecule has 21 heavy (non-hydrogen) atoms. The van der Waals surface area contributed by atoms with Gasteiger partial charge in [-0.2, -0.15) is 0 Å². The minimum absolute atomic E-state index is 0.164. The third kappa shape index (κ3) is 2.92. The lowest BCUT2D eigenvalue weighted by Crippen LogP contribution is -1.99. The van der Waals surface area contributed by atoms with Gasteiger partial charge < -0.3 is 14.6 Å². The van der Waals surface area contributed by atoms with E-state index < -0.39 is 5.97 Å². The second kappa shape index (κ2) is 5.61. The smallest absolute Gasteiger partial charge is 0.336 e. The van der Waals surface area contributed by atoms with Crippen LogP contribution in [0.2, 0.25) is 0 Å². The predicted molar refractivity (Wildman–Crippen MR) is 82.2 cm³/mol. The van der Waals surface area contributed by atoms with Crippen LogP contribution in [0.3, 0.4) is 0 Å². The molecule has 0 radical (unpaired) electrons. The molecule has 4 nitrogen and oxygen atoms in total. The van der Waals surface area contributed by atoms with Crippen LogP contribution in [0.25, 0.3) is 11.6 Å². The van der Waals surface area contributed by atoms with Gasteiger partial charge in [0.05, 0.1) is 5.57 Å². The van der Waals surface area contributed by atoms with Crippen molar-refractivity contribution < 1.29 is 19.4 Å². The fourth-order valence-electron chi connectivity index (χ4n) is 2.06. The van der Waals surface area contributed by atoms with Crippen molar-refractivity contribution >= 4 is 33.5 Å². The molecular weight excluding hydrogens is 336 g/mol. The maximum atomic E-state index is 11.5. The summed E-state index contributed by atoms with van der Waals surface area (Å²) in [5, 5.41) is 9.44. The maximum absolute atomic E-state index is 11.5. The minimum Gasteiger partial charge on any atom is -0.478 e. The van der Waals surface area contributed by atoms with Crippen LogP contribution < -0.4 is 9.47 Å². The summed E-state index contributed by atoms with van der Waals surface area (Å²) in [7, 11) is 0. The Labute approximate surface area is 129 Å². The molecule has 1 aliphatic rings. The molecule has 0 fully saturated rings. The van der Waals surface area contributed by atoms with Gasteiger partial charge in [-0.25, -0.2) is 4.79 Å². The average molecular weight is 347 g/mol.